The Morgan fingerprint density at radius 1 is 1.17 bits per heavy atom. The van der Waals surface area contributed by atoms with Gasteiger partial charge >= 0.3 is 6.03 Å². The Kier molecular flexibility index (Phi) is 5.44. The van der Waals surface area contributed by atoms with E-state index in [4.69, 9.17) is 0 Å². The van der Waals surface area contributed by atoms with Crippen LogP contribution in [0.1, 0.15) is 40.0 Å². The third-order valence-corrected chi connectivity index (χ3v) is 4.74. The lowest BCUT2D eigenvalue weighted by molar-refractivity contribution is -0.136. The first kappa shape index (κ1) is 17.5. The molecule has 0 aliphatic carbocycles. The number of nitrogens with zero attached hydrogens (tertiary/aromatic N) is 2. The highest BCUT2D eigenvalue weighted by Gasteiger charge is 2.30. The third kappa shape index (κ3) is 4.56. The van der Waals surface area contributed by atoms with Crippen LogP contribution in [-0.4, -0.2) is 53.8 Å². The number of nitrogens with one attached hydrogen (secondary N) is 1. The quantitative estimate of drug-likeness (QED) is 0.634. The molecule has 0 aromatic carbocycles. The number of piperidine rings is 1. The molecule has 2 aliphatic rings. The van der Waals surface area contributed by atoms with Crippen LogP contribution >= 0.6 is 0 Å². The van der Waals surface area contributed by atoms with Gasteiger partial charge in [0.05, 0.1) is 0 Å². The largest absolute Gasteiger partial charge is 0.338 e. The van der Waals surface area contributed by atoms with Crippen molar-refractivity contribution in [3.63, 3.8) is 0 Å². The van der Waals surface area contributed by atoms with Crippen LogP contribution in [0.2, 0.25) is 0 Å². The number of amides is 4. The fourth-order valence-electron chi connectivity index (χ4n) is 3.14. The summed E-state index contributed by atoms with van der Waals surface area (Å²) in [5.74, 6) is 0.113. The summed E-state index contributed by atoms with van der Waals surface area (Å²) in [6, 6.07) is -0.0467. The van der Waals surface area contributed by atoms with Crippen LogP contribution in [0.3, 0.4) is 0 Å². The Labute approximate surface area is 137 Å². The molecule has 2 heterocycles. The Balaban J connectivity index is 1.64. The van der Waals surface area contributed by atoms with Crippen LogP contribution in [0.5, 0.6) is 0 Å². The second-order valence-corrected chi connectivity index (χ2v) is 7.37. The lowest BCUT2D eigenvalue weighted by atomic mass is 9.75. The molecule has 0 saturated carbocycles. The molecule has 0 atom stereocenters. The maximum absolute atomic E-state index is 12.1. The molecule has 128 valence electrons. The van der Waals surface area contributed by atoms with E-state index in [2.05, 4.69) is 26.1 Å². The highest BCUT2D eigenvalue weighted by Crippen LogP contribution is 2.34. The minimum Gasteiger partial charge on any atom is -0.338 e. The summed E-state index contributed by atoms with van der Waals surface area (Å²) in [5.41, 5.74) is 0.297. The zero-order valence-corrected chi connectivity index (χ0v) is 14.3. The van der Waals surface area contributed by atoms with Gasteiger partial charge in [0.1, 0.15) is 0 Å². The first-order chi connectivity index (χ1) is 10.8. The summed E-state index contributed by atoms with van der Waals surface area (Å²) in [6.45, 7) is 9.16. The van der Waals surface area contributed by atoms with Gasteiger partial charge in [-0.2, -0.15) is 0 Å². The van der Waals surface area contributed by atoms with Gasteiger partial charge in [-0.05, 0) is 30.6 Å². The normalized spacial score (nSPS) is 19.6. The van der Waals surface area contributed by atoms with Crippen molar-refractivity contribution in [2.75, 3.05) is 26.2 Å². The predicted molar refractivity (Wildman–Crippen MR) is 87.6 cm³/mol. The van der Waals surface area contributed by atoms with E-state index in [0.29, 0.717) is 30.8 Å². The van der Waals surface area contributed by atoms with Crippen molar-refractivity contribution in [2.45, 2.75) is 40.0 Å². The van der Waals surface area contributed by atoms with Gasteiger partial charge in [0.25, 0.3) is 11.8 Å². The zero-order chi connectivity index (χ0) is 17.0. The smallest absolute Gasteiger partial charge is 0.317 e. The molecular formula is C17H27N3O3. The number of carbonyl (C=O) groups excluding carboxylic acids is 3. The zero-order valence-electron chi connectivity index (χ0n) is 14.3. The van der Waals surface area contributed by atoms with Crippen molar-refractivity contribution in [3.8, 4) is 0 Å². The second kappa shape index (κ2) is 7.15. The Morgan fingerprint density at radius 3 is 2.26 bits per heavy atom. The van der Waals surface area contributed by atoms with Gasteiger partial charge in [0.15, 0.2) is 0 Å². The minimum atomic E-state index is -0.273. The topological polar surface area (TPSA) is 69.7 Å². The number of hydrogen-bond donors (Lipinski definition) is 1. The summed E-state index contributed by atoms with van der Waals surface area (Å²) in [4.78, 5) is 38.0. The monoisotopic (exact) mass is 321 g/mol. The molecule has 2 aliphatic heterocycles. The molecule has 1 fully saturated rings. The van der Waals surface area contributed by atoms with Gasteiger partial charge in [-0.3, -0.25) is 14.5 Å². The molecule has 0 spiro atoms. The summed E-state index contributed by atoms with van der Waals surface area (Å²) in [6.07, 6.45) is 5.21. The van der Waals surface area contributed by atoms with Crippen LogP contribution in [0, 0.1) is 11.3 Å². The Hall–Kier alpha value is -1.85. The SMILES string of the molecule is CC(C)(C)C1CCN(C(=O)NCCCN2C(=O)C=CC2=O)CC1. The molecule has 0 aromatic heterocycles. The van der Waals surface area contributed by atoms with Crippen molar-refractivity contribution in [1.82, 2.24) is 15.1 Å². The molecule has 6 nitrogen and oxygen atoms in total. The molecule has 23 heavy (non-hydrogen) atoms. The molecule has 1 saturated heterocycles. The van der Waals surface area contributed by atoms with Crippen molar-refractivity contribution in [2.24, 2.45) is 11.3 Å². The minimum absolute atomic E-state index is 0.0467. The molecule has 0 aromatic rings. The van der Waals surface area contributed by atoms with Crippen molar-refractivity contribution in [1.29, 1.82) is 0 Å². The lowest BCUT2D eigenvalue weighted by Gasteiger charge is -2.38. The molecule has 6 heteroatoms. The molecule has 2 rings (SSSR count). The molecule has 0 unspecified atom stereocenters. The number of hydrogen-bond acceptors (Lipinski definition) is 3. The van der Waals surface area contributed by atoms with Crippen LogP contribution in [0.25, 0.3) is 0 Å². The fourth-order valence-corrected chi connectivity index (χ4v) is 3.14. The van der Waals surface area contributed by atoms with Gasteiger partial charge < -0.3 is 10.2 Å². The Bertz CT molecular complexity index is 482. The van der Waals surface area contributed by atoms with Crippen LogP contribution in [-0.2, 0) is 9.59 Å². The van der Waals surface area contributed by atoms with Crippen molar-refractivity contribution < 1.29 is 14.4 Å². The number of carbonyl (C=O) groups is 3. The van der Waals surface area contributed by atoms with Crippen molar-refractivity contribution >= 4 is 17.8 Å². The van der Waals surface area contributed by atoms with Gasteiger partial charge in [-0.1, -0.05) is 20.8 Å². The second-order valence-electron chi connectivity index (χ2n) is 7.37. The number of rotatable bonds is 4. The van der Waals surface area contributed by atoms with E-state index in [1.54, 1.807) is 0 Å². The maximum Gasteiger partial charge on any atom is 0.317 e. The maximum atomic E-state index is 12.1. The highest BCUT2D eigenvalue weighted by molar-refractivity contribution is 6.12. The number of urea groups is 1. The van der Waals surface area contributed by atoms with Crippen molar-refractivity contribution in [3.05, 3.63) is 12.2 Å². The first-order valence-corrected chi connectivity index (χ1v) is 8.35. The summed E-state index contributed by atoms with van der Waals surface area (Å²) in [5, 5.41) is 2.88. The molecule has 1 N–H and O–H groups in total. The van der Waals surface area contributed by atoms with Crippen LogP contribution in [0.15, 0.2) is 12.2 Å². The third-order valence-electron chi connectivity index (χ3n) is 4.74. The van der Waals surface area contributed by atoms with E-state index in [-0.39, 0.29) is 17.8 Å². The van der Waals surface area contributed by atoms with Gasteiger partial charge in [-0.15, -0.1) is 0 Å². The Morgan fingerprint density at radius 2 is 1.74 bits per heavy atom. The van der Waals surface area contributed by atoms with E-state index >= 15 is 0 Å². The molecular weight excluding hydrogens is 294 g/mol. The van der Waals surface area contributed by atoms with E-state index in [0.717, 1.165) is 25.9 Å². The van der Waals surface area contributed by atoms with E-state index in [9.17, 15) is 14.4 Å². The van der Waals surface area contributed by atoms with Crippen LogP contribution in [0.4, 0.5) is 4.79 Å². The molecule has 0 bridgehead atoms. The lowest BCUT2D eigenvalue weighted by Crippen LogP contribution is -2.46. The van der Waals surface area contributed by atoms with Crippen LogP contribution < -0.4 is 5.32 Å². The van der Waals surface area contributed by atoms with Gasteiger partial charge in [0, 0.05) is 38.3 Å². The summed E-state index contributed by atoms with van der Waals surface area (Å²) < 4.78 is 0. The average Bonchev–Trinajstić information content (AvgIpc) is 2.82. The van der Waals surface area contributed by atoms with E-state index in [1.165, 1.54) is 17.1 Å². The van der Waals surface area contributed by atoms with E-state index < -0.39 is 0 Å². The number of likely N-dealkylation sites (tertiary alicyclic amines) is 1. The predicted octanol–water partition coefficient (Wildman–Crippen LogP) is 1.77. The summed E-state index contributed by atoms with van der Waals surface area (Å²) in [7, 11) is 0. The van der Waals surface area contributed by atoms with E-state index in [1.807, 2.05) is 4.90 Å². The van der Waals surface area contributed by atoms with Gasteiger partial charge in [0.2, 0.25) is 0 Å². The summed E-state index contributed by atoms with van der Waals surface area (Å²) >= 11 is 0. The molecule has 4 amide bonds. The highest BCUT2D eigenvalue weighted by atomic mass is 16.2. The average molecular weight is 321 g/mol. The standard InChI is InChI=1S/C17H27N3O3/c1-17(2,3)13-7-11-19(12-8-13)16(23)18-9-4-10-20-14(21)5-6-15(20)22/h5-6,13H,4,7-12H2,1-3H3,(H,18,23). The fraction of sp³-hybridized carbons (Fsp3) is 0.706. The van der Waals surface area contributed by atoms with Gasteiger partial charge in [-0.25, -0.2) is 4.79 Å². The first-order valence-electron chi connectivity index (χ1n) is 8.35. The molecule has 0 radical (unpaired) electrons. The number of imide groups is 1.